The normalized spacial score (nSPS) is 11.4. The van der Waals surface area contributed by atoms with E-state index >= 15 is 0 Å². The van der Waals surface area contributed by atoms with Crippen LogP contribution in [0.4, 0.5) is 0 Å². The molecule has 0 heterocycles. The number of sulfonamides is 1. The van der Waals surface area contributed by atoms with Gasteiger partial charge in [-0.15, -0.1) is 0 Å². The van der Waals surface area contributed by atoms with Crippen molar-refractivity contribution in [2.24, 2.45) is 5.73 Å². The molecule has 106 valence electrons. The van der Waals surface area contributed by atoms with Gasteiger partial charge in [0.1, 0.15) is 4.99 Å². The lowest BCUT2D eigenvalue weighted by Gasteiger charge is -2.10. The van der Waals surface area contributed by atoms with Crippen LogP contribution in [-0.4, -0.2) is 33.7 Å². The standard InChI is InChI=1S/C12H18N2O3S2/c1-17-9-5-4-8-14-19(15,16)11-7-3-2-6-10(11)12(13)18/h2-3,6-7,14H,4-5,8-9H2,1H3,(H2,13,18). The number of rotatable bonds is 8. The van der Waals surface area contributed by atoms with Gasteiger partial charge >= 0.3 is 0 Å². The number of unbranched alkanes of at least 4 members (excludes halogenated alkanes) is 1. The fourth-order valence-electron chi connectivity index (χ4n) is 1.56. The van der Waals surface area contributed by atoms with E-state index in [-0.39, 0.29) is 9.88 Å². The monoisotopic (exact) mass is 302 g/mol. The molecule has 1 rings (SSSR count). The van der Waals surface area contributed by atoms with Gasteiger partial charge < -0.3 is 10.5 Å². The highest BCUT2D eigenvalue weighted by atomic mass is 32.2. The molecule has 0 spiro atoms. The summed E-state index contributed by atoms with van der Waals surface area (Å²) in [7, 11) is -1.97. The van der Waals surface area contributed by atoms with Crippen molar-refractivity contribution in [2.75, 3.05) is 20.3 Å². The van der Waals surface area contributed by atoms with Crippen LogP contribution in [0.25, 0.3) is 0 Å². The molecule has 3 N–H and O–H groups in total. The SMILES string of the molecule is COCCCCNS(=O)(=O)c1ccccc1C(N)=S. The van der Waals surface area contributed by atoms with Crippen LogP contribution in [0.1, 0.15) is 18.4 Å². The minimum absolute atomic E-state index is 0.0698. The van der Waals surface area contributed by atoms with Crippen molar-refractivity contribution in [2.45, 2.75) is 17.7 Å². The Morgan fingerprint density at radius 3 is 2.68 bits per heavy atom. The Labute approximate surface area is 119 Å². The van der Waals surface area contributed by atoms with Crippen molar-refractivity contribution < 1.29 is 13.2 Å². The lowest BCUT2D eigenvalue weighted by molar-refractivity contribution is 0.193. The first kappa shape index (κ1) is 16.0. The number of hydrogen-bond donors (Lipinski definition) is 2. The smallest absolute Gasteiger partial charge is 0.241 e. The van der Waals surface area contributed by atoms with Gasteiger partial charge in [-0.05, 0) is 18.9 Å². The molecule has 7 heteroatoms. The van der Waals surface area contributed by atoms with Crippen LogP contribution >= 0.6 is 12.2 Å². The van der Waals surface area contributed by atoms with Gasteiger partial charge in [-0.2, -0.15) is 0 Å². The minimum atomic E-state index is -3.58. The van der Waals surface area contributed by atoms with Crippen LogP contribution in [-0.2, 0) is 14.8 Å². The summed E-state index contributed by atoms with van der Waals surface area (Å²) in [6, 6.07) is 6.43. The third kappa shape index (κ3) is 4.87. The van der Waals surface area contributed by atoms with Crippen molar-refractivity contribution in [1.82, 2.24) is 4.72 Å². The molecule has 0 aliphatic heterocycles. The third-order valence-corrected chi connectivity index (χ3v) is 4.25. The fraction of sp³-hybridized carbons (Fsp3) is 0.417. The Morgan fingerprint density at radius 2 is 2.05 bits per heavy atom. The molecule has 0 bridgehead atoms. The molecule has 19 heavy (non-hydrogen) atoms. The molecule has 0 amide bonds. The van der Waals surface area contributed by atoms with E-state index in [2.05, 4.69) is 4.72 Å². The highest BCUT2D eigenvalue weighted by Crippen LogP contribution is 2.15. The van der Waals surface area contributed by atoms with Gasteiger partial charge in [-0.1, -0.05) is 30.4 Å². The maximum absolute atomic E-state index is 12.1. The van der Waals surface area contributed by atoms with E-state index in [4.69, 9.17) is 22.7 Å². The molecule has 0 aliphatic carbocycles. The number of hydrogen-bond acceptors (Lipinski definition) is 4. The maximum atomic E-state index is 12.1. The quantitative estimate of drug-likeness (QED) is 0.553. The summed E-state index contributed by atoms with van der Waals surface area (Å²) in [5, 5.41) is 0. The molecule has 5 nitrogen and oxygen atoms in total. The summed E-state index contributed by atoms with van der Waals surface area (Å²) in [6.07, 6.45) is 1.51. The largest absolute Gasteiger partial charge is 0.389 e. The first-order valence-corrected chi connectivity index (χ1v) is 7.75. The molecule has 0 aromatic heterocycles. The van der Waals surface area contributed by atoms with Gasteiger partial charge in [0.2, 0.25) is 10.0 Å². The van der Waals surface area contributed by atoms with Crippen LogP contribution in [0.15, 0.2) is 29.2 Å². The van der Waals surface area contributed by atoms with Gasteiger partial charge in [-0.25, -0.2) is 13.1 Å². The number of methoxy groups -OCH3 is 1. The summed E-state index contributed by atoms with van der Waals surface area (Å²) >= 11 is 4.86. The number of ether oxygens (including phenoxy) is 1. The predicted octanol–water partition coefficient (Wildman–Crippen LogP) is 1.03. The summed E-state index contributed by atoms with van der Waals surface area (Å²) in [5.74, 6) is 0. The second-order valence-corrected chi connectivity index (χ2v) is 6.13. The fourth-order valence-corrected chi connectivity index (χ4v) is 3.10. The van der Waals surface area contributed by atoms with Crippen LogP contribution in [0, 0.1) is 0 Å². The number of nitrogens with one attached hydrogen (secondary N) is 1. The molecular formula is C12H18N2O3S2. The highest BCUT2D eigenvalue weighted by Gasteiger charge is 2.18. The first-order chi connectivity index (χ1) is 8.99. The van der Waals surface area contributed by atoms with Gasteiger partial charge in [-0.3, -0.25) is 0 Å². The van der Waals surface area contributed by atoms with E-state index in [0.29, 0.717) is 25.1 Å². The van der Waals surface area contributed by atoms with Crippen molar-refractivity contribution in [3.63, 3.8) is 0 Å². The van der Waals surface area contributed by atoms with Gasteiger partial charge in [0.15, 0.2) is 0 Å². The predicted molar refractivity (Wildman–Crippen MR) is 78.6 cm³/mol. The van der Waals surface area contributed by atoms with Crippen molar-refractivity contribution in [3.8, 4) is 0 Å². The van der Waals surface area contributed by atoms with E-state index < -0.39 is 10.0 Å². The lowest BCUT2D eigenvalue weighted by atomic mass is 10.2. The van der Waals surface area contributed by atoms with Gasteiger partial charge in [0.05, 0.1) is 4.90 Å². The van der Waals surface area contributed by atoms with Crippen molar-refractivity contribution in [1.29, 1.82) is 0 Å². The van der Waals surface area contributed by atoms with E-state index in [1.165, 1.54) is 6.07 Å². The molecule has 0 radical (unpaired) electrons. The second-order valence-electron chi connectivity index (χ2n) is 3.96. The van der Waals surface area contributed by atoms with Crippen LogP contribution < -0.4 is 10.5 Å². The molecule has 0 aliphatic rings. The summed E-state index contributed by atoms with van der Waals surface area (Å²) in [6.45, 7) is 0.975. The average Bonchev–Trinajstić information content (AvgIpc) is 2.38. The molecule has 0 saturated heterocycles. The van der Waals surface area contributed by atoms with E-state index in [0.717, 1.165) is 6.42 Å². The molecule has 0 atom stereocenters. The van der Waals surface area contributed by atoms with Crippen LogP contribution in [0.2, 0.25) is 0 Å². The van der Waals surface area contributed by atoms with E-state index in [1.807, 2.05) is 0 Å². The third-order valence-electron chi connectivity index (χ3n) is 2.51. The Balaban J connectivity index is 2.75. The molecule has 1 aromatic carbocycles. The molecule has 0 saturated carbocycles. The maximum Gasteiger partial charge on any atom is 0.241 e. The van der Waals surface area contributed by atoms with Gasteiger partial charge in [0.25, 0.3) is 0 Å². The Hall–Kier alpha value is -1.02. The lowest BCUT2D eigenvalue weighted by Crippen LogP contribution is -2.27. The van der Waals surface area contributed by atoms with Crippen molar-refractivity contribution in [3.05, 3.63) is 29.8 Å². The van der Waals surface area contributed by atoms with Crippen molar-refractivity contribution >= 4 is 27.2 Å². The zero-order valence-electron chi connectivity index (χ0n) is 10.8. The first-order valence-electron chi connectivity index (χ1n) is 5.86. The second kappa shape index (κ2) is 7.54. The molecule has 0 unspecified atom stereocenters. The zero-order chi connectivity index (χ0) is 14.3. The number of benzene rings is 1. The van der Waals surface area contributed by atoms with E-state index in [9.17, 15) is 8.42 Å². The van der Waals surface area contributed by atoms with E-state index in [1.54, 1.807) is 25.3 Å². The Bertz CT molecular complexity index is 530. The van der Waals surface area contributed by atoms with Crippen LogP contribution in [0.3, 0.4) is 0 Å². The average molecular weight is 302 g/mol. The topological polar surface area (TPSA) is 81.4 Å². The molecular weight excluding hydrogens is 284 g/mol. The molecule has 0 fully saturated rings. The number of nitrogens with two attached hydrogens (primary N) is 1. The summed E-state index contributed by atoms with van der Waals surface area (Å²) in [4.78, 5) is 0.189. The minimum Gasteiger partial charge on any atom is -0.389 e. The summed E-state index contributed by atoms with van der Waals surface area (Å²) < 4.78 is 31.7. The summed E-state index contributed by atoms with van der Waals surface area (Å²) in [5.41, 5.74) is 5.89. The Morgan fingerprint density at radius 1 is 1.37 bits per heavy atom. The molecule has 1 aromatic rings. The highest BCUT2D eigenvalue weighted by molar-refractivity contribution is 7.89. The number of thiocarbonyl (C=S) groups is 1. The van der Waals surface area contributed by atoms with Gasteiger partial charge in [0, 0.05) is 25.8 Å². The Kier molecular flexibility index (Phi) is 6.36. The van der Waals surface area contributed by atoms with Crippen LogP contribution in [0.5, 0.6) is 0 Å². The zero-order valence-corrected chi connectivity index (χ0v) is 12.4.